The number of aryl methyl sites for hydroxylation is 2. The molecule has 4 heterocycles. The number of rotatable bonds is 6. The molecule has 0 bridgehead atoms. The summed E-state index contributed by atoms with van der Waals surface area (Å²) in [5, 5.41) is 7.67. The van der Waals surface area contributed by atoms with Crippen molar-refractivity contribution in [2.75, 3.05) is 24.5 Å². The van der Waals surface area contributed by atoms with Crippen molar-refractivity contribution in [3.8, 4) is 0 Å². The quantitative estimate of drug-likeness (QED) is 0.573. The molecule has 0 N–H and O–H groups in total. The SMILES string of the molecule is Cc1nonc1CC(=O)N1CCC[C@H]1c1nc(C)c2c(n1)N(CCc1ccccc1)CCC2. The first-order valence-electron chi connectivity index (χ1n) is 11.8. The van der Waals surface area contributed by atoms with E-state index < -0.39 is 0 Å². The van der Waals surface area contributed by atoms with Gasteiger partial charge in [-0.3, -0.25) is 4.79 Å². The van der Waals surface area contributed by atoms with Gasteiger partial charge in [-0.15, -0.1) is 0 Å². The maximum absolute atomic E-state index is 13.1. The van der Waals surface area contributed by atoms with Crippen LogP contribution >= 0.6 is 0 Å². The molecule has 0 radical (unpaired) electrons. The summed E-state index contributed by atoms with van der Waals surface area (Å²) < 4.78 is 4.76. The largest absolute Gasteiger partial charge is 0.356 e. The minimum absolute atomic E-state index is 0.0243. The van der Waals surface area contributed by atoms with E-state index in [9.17, 15) is 4.79 Å². The van der Waals surface area contributed by atoms with Crippen LogP contribution in [0.15, 0.2) is 35.0 Å². The van der Waals surface area contributed by atoms with Crippen molar-refractivity contribution in [2.24, 2.45) is 0 Å². The Balaban J connectivity index is 1.38. The number of anilines is 1. The maximum atomic E-state index is 13.1. The van der Waals surface area contributed by atoms with Gasteiger partial charge in [0, 0.05) is 30.9 Å². The van der Waals surface area contributed by atoms with Crippen LogP contribution in [0.3, 0.4) is 0 Å². The average Bonchev–Trinajstić information content (AvgIpc) is 3.48. The Hall–Kier alpha value is -3.29. The molecule has 0 saturated carbocycles. The normalized spacial score (nSPS) is 17.9. The number of hydrogen-bond donors (Lipinski definition) is 0. The zero-order valence-electron chi connectivity index (χ0n) is 19.3. The van der Waals surface area contributed by atoms with Crippen molar-refractivity contribution >= 4 is 11.7 Å². The second-order valence-corrected chi connectivity index (χ2v) is 9.01. The van der Waals surface area contributed by atoms with Crippen LogP contribution in [0.2, 0.25) is 0 Å². The monoisotopic (exact) mass is 446 g/mol. The summed E-state index contributed by atoms with van der Waals surface area (Å²) >= 11 is 0. The molecule has 2 aliphatic rings. The van der Waals surface area contributed by atoms with Gasteiger partial charge in [0.1, 0.15) is 17.2 Å². The molecule has 1 saturated heterocycles. The number of fused-ring (bicyclic) bond motifs is 1. The number of benzene rings is 1. The summed E-state index contributed by atoms with van der Waals surface area (Å²) in [7, 11) is 0. The molecule has 1 aromatic carbocycles. The van der Waals surface area contributed by atoms with E-state index in [1.54, 1.807) is 6.92 Å². The van der Waals surface area contributed by atoms with E-state index in [4.69, 9.17) is 14.6 Å². The van der Waals surface area contributed by atoms with Crippen molar-refractivity contribution < 1.29 is 9.42 Å². The van der Waals surface area contributed by atoms with Crippen molar-refractivity contribution in [1.82, 2.24) is 25.2 Å². The highest BCUT2D eigenvalue weighted by atomic mass is 16.6. The Bertz CT molecular complexity index is 1130. The zero-order valence-corrected chi connectivity index (χ0v) is 19.3. The molecule has 2 aliphatic heterocycles. The van der Waals surface area contributed by atoms with Gasteiger partial charge in [0.05, 0.1) is 12.5 Å². The Morgan fingerprint density at radius 1 is 1.06 bits per heavy atom. The summed E-state index contributed by atoms with van der Waals surface area (Å²) in [6.45, 7) is 6.53. The molecule has 1 atom stereocenters. The third-order valence-electron chi connectivity index (χ3n) is 6.81. The lowest BCUT2D eigenvalue weighted by Gasteiger charge is -2.32. The molecular formula is C25H30N6O2. The number of carbonyl (C=O) groups excluding carboxylic acids is 1. The molecular weight excluding hydrogens is 416 g/mol. The van der Waals surface area contributed by atoms with E-state index in [2.05, 4.69) is 52.5 Å². The average molecular weight is 447 g/mol. The van der Waals surface area contributed by atoms with Gasteiger partial charge in [-0.2, -0.15) is 0 Å². The lowest BCUT2D eigenvalue weighted by molar-refractivity contribution is -0.131. The molecule has 3 aromatic rings. The van der Waals surface area contributed by atoms with Crippen LogP contribution in [0.4, 0.5) is 5.82 Å². The van der Waals surface area contributed by atoms with E-state index in [1.807, 2.05) is 4.90 Å². The van der Waals surface area contributed by atoms with Crippen molar-refractivity contribution in [2.45, 2.75) is 58.4 Å². The minimum atomic E-state index is -0.0976. The molecule has 1 fully saturated rings. The number of nitrogens with zero attached hydrogens (tertiary/aromatic N) is 6. The van der Waals surface area contributed by atoms with Crippen molar-refractivity contribution in [3.63, 3.8) is 0 Å². The van der Waals surface area contributed by atoms with E-state index >= 15 is 0 Å². The first-order chi connectivity index (χ1) is 16.1. The highest BCUT2D eigenvalue weighted by Crippen LogP contribution is 2.34. The van der Waals surface area contributed by atoms with Gasteiger partial charge >= 0.3 is 0 Å². The van der Waals surface area contributed by atoms with Gasteiger partial charge in [-0.05, 0) is 51.5 Å². The number of hydrogen-bond acceptors (Lipinski definition) is 7. The zero-order chi connectivity index (χ0) is 22.8. The molecule has 1 amide bonds. The number of likely N-dealkylation sites (tertiary alicyclic amines) is 1. The standard InChI is InChI=1S/C25H30N6O2/c1-17-20-10-6-13-30(15-12-19-8-4-3-5-9-19)25(20)27-24(26-17)22-11-7-14-31(22)23(32)16-21-18(2)28-33-29-21/h3-5,8-9,22H,6-7,10-16H2,1-2H3/t22-/m0/s1. The maximum Gasteiger partial charge on any atom is 0.229 e. The predicted molar refractivity (Wildman–Crippen MR) is 124 cm³/mol. The van der Waals surface area contributed by atoms with Gasteiger partial charge in [0.25, 0.3) is 0 Å². The summed E-state index contributed by atoms with van der Waals surface area (Å²) in [6, 6.07) is 10.5. The molecule has 8 heteroatoms. The first kappa shape index (κ1) is 21.6. The Labute approximate surface area is 194 Å². The van der Waals surface area contributed by atoms with E-state index in [0.717, 1.165) is 62.5 Å². The van der Waals surface area contributed by atoms with Crippen LogP contribution in [0, 0.1) is 13.8 Å². The van der Waals surface area contributed by atoms with Crippen molar-refractivity contribution in [1.29, 1.82) is 0 Å². The summed E-state index contributed by atoms with van der Waals surface area (Å²) in [4.78, 5) is 27.4. The number of carbonyl (C=O) groups is 1. The second kappa shape index (κ2) is 9.29. The third-order valence-corrected chi connectivity index (χ3v) is 6.81. The fraction of sp³-hybridized carbons (Fsp3) is 0.480. The summed E-state index contributed by atoms with van der Waals surface area (Å²) in [5.74, 6) is 1.84. The fourth-order valence-corrected chi connectivity index (χ4v) is 4.97. The summed E-state index contributed by atoms with van der Waals surface area (Å²) in [6.07, 6.45) is 5.13. The van der Waals surface area contributed by atoms with Crippen LogP contribution in [0.1, 0.15) is 59.3 Å². The highest BCUT2D eigenvalue weighted by molar-refractivity contribution is 5.79. The fourth-order valence-electron chi connectivity index (χ4n) is 4.97. The third kappa shape index (κ3) is 4.47. The van der Waals surface area contributed by atoms with Gasteiger partial charge in [0.2, 0.25) is 5.91 Å². The predicted octanol–water partition coefficient (Wildman–Crippen LogP) is 3.38. The van der Waals surface area contributed by atoms with Gasteiger partial charge in [0.15, 0.2) is 5.82 Å². The highest BCUT2D eigenvalue weighted by Gasteiger charge is 2.34. The molecule has 0 unspecified atom stereocenters. The van der Waals surface area contributed by atoms with Crippen LogP contribution < -0.4 is 4.90 Å². The Morgan fingerprint density at radius 3 is 2.70 bits per heavy atom. The van der Waals surface area contributed by atoms with Crippen LogP contribution in [0.5, 0.6) is 0 Å². The van der Waals surface area contributed by atoms with Crippen LogP contribution in [-0.2, 0) is 24.1 Å². The number of aromatic nitrogens is 4. The van der Waals surface area contributed by atoms with Crippen LogP contribution in [-0.4, -0.2) is 50.7 Å². The Morgan fingerprint density at radius 2 is 1.91 bits per heavy atom. The lowest BCUT2D eigenvalue weighted by Crippen LogP contribution is -2.36. The van der Waals surface area contributed by atoms with Crippen molar-refractivity contribution in [3.05, 3.63) is 64.4 Å². The summed E-state index contributed by atoms with van der Waals surface area (Å²) in [5.41, 5.74) is 4.88. The molecule has 8 nitrogen and oxygen atoms in total. The number of amides is 1. The molecule has 2 aromatic heterocycles. The Kier molecular flexibility index (Phi) is 6.07. The van der Waals surface area contributed by atoms with Gasteiger partial charge < -0.3 is 9.80 Å². The molecule has 172 valence electrons. The minimum Gasteiger partial charge on any atom is -0.356 e. The molecule has 0 aliphatic carbocycles. The molecule has 33 heavy (non-hydrogen) atoms. The molecule has 0 spiro atoms. The van der Waals surface area contributed by atoms with E-state index in [-0.39, 0.29) is 18.4 Å². The van der Waals surface area contributed by atoms with E-state index in [0.29, 0.717) is 17.9 Å². The van der Waals surface area contributed by atoms with E-state index in [1.165, 1.54) is 11.1 Å². The van der Waals surface area contributed by atoms with Gasteiger partial charge in [-0.25, -0.2) is 14.6 Å². The second-order valence-electron chi connectivity index (χ2n) is 9.01. The first-order valence-corrected chi connectivity index (χ1v) is 11.8. The van der Waals surface area contributed by atoms with Crippen LogP contribution in [0.25, 0.3) is 0 Å². The van der Waals surface area contributed by atoms with Gasteiger partial charge in [-0.1, -0.05) is 40.6 Å². The molecule has 5 rings (SSSR count). The smallest absolute Gasteiger partial charge is 0.229 e. The topological polar surface area (TPSA) is 88.2 Å². The lowest BCUT2D eigenvalue weighted by atomic mass is 10.0.